The van der Waals surface area contributed by atoms with Crippen LogP contribution >= 0.6 is 0 Å². The number of ketones is 1. The Kier molecular flexibility index (Phi) is 10.4. The molecule has 0 saturated carbocycles. The quantitative estimate of drug-likeness (QED) is 0.262. The topological polar surface area (TPSA) is 122 Å². The van der Waals surface area contributed by atoms with E-state index in [1.807, 2.05) is 0 Å². The van der Waals surface area contributed by atoms with Gasteiger partial charge in [-0.25, -0.2) is 9.59 Å². The summed E-state index contributed by atoms with van der Waals surface area (Å²) in [7, 11) is 0. The van der Waals surface area contributed by atoms with E-state index in [0.29, 0.717) is 11.1 Å². The van der Waals surface area contributed by atoms with E-state index in [1.54, 1.807) is 74.5 Å². The maximum atomic E-state index is 12.3. The minimum absolute atomic E-state index is 0.0769. The molecule has 0 aliphatic rings. The normalized spacial score (nSPS) is 12.1. The fourth-order valence-corrected chi connectivity index (χ4v) is 2.93. The van der Waals surface area contributed by atoms with Crippen molar-refractivity contribution in [3.8, 4) is 0 Å². The van der Waals surface area contributed by atoms with Gasteiger partial charge in [-0.05, 0) is 13.8 Å². The summed E-state index contributed by atoms with van der Waals surface area (Å²) in [5.74, 6) is -4.39. The molecule has 34 heavy (non-hydrogen) atoms. The molecule has 0 aliphatic carbocycles. The van der Waals surface area contributed by atoms with Crippen LogP contribution in [0.1, 0.15) is 50.0 Å². The van der Waals surface area contributed by atoms with E-state index < -0.39 is 54.7 Å². The van der Waals surface area contributed by atoms with Crippen molar-refractivity contribution in [1.29, 1.82) is 0 Å². The van der Waals surface area contributed by atoms with Crippen LogP contribution in [-0.2, 0) is 42.9 Å². The van der Waals surface area contributed by atoms with Crippen LogP contribution in [0.2, 0.25) is 0 Å². The zero-order chi connectivity index (χ0) is 24.9. The number of benzene rings is 2. The van der Waals surface area contributed by atoms with Crippen LogP contribution in [0.4, 0.5) is 0 Å². The molecule has 0 aliphatic heterocycles. The molecule has 9 nitrogen and oxygen atoms in total. The smallest absolute Gasteiger partial charge is 0.352 e. The molecule has 0 aromatic heterocycles. The number of ether oxygens (including phenoxy) is 4. The lowest BCUT2D eigenvalue weighted by Gasteiger charge is -2.17. The van der Waals surface area contributed by atoms with Gasteiger partial charge in [-0.3, -0.25) is 14.4 Å². The summed E-state index contributed by atoms with van der Waals surface area (Å²) in [6.07, 6.45) is -4.24. The van der Waals surface area contributed by atoms with Crippen molar-refractivity contribution in [1.82, 2.24) is 0 Å². The Balaban J connectivity index is 1.98. The first kappa shape index (κ1) is 26.2. The molecule has 9 heteroatoms. The lowest BCUT2D eigenvalue weighted by molar-refractivity contribution is -0.170. The number of Topliss-reactive ketones (excluding diaryl/α,β-unsaturated/α-hetero) is 1. The van der Waals surface area contributed by atoms with Crippen LogP contribution in [0.25, 0.3) is 0 Å². The molecule has 0 radical (unpaired) electrons. The number of esters is 4. The number of carbonyl (C=O) groups is 5. The summed E-state index contributed by atoms with van der Waals surface area (Å²) in [6, 6.07) is 16.4. The highest BCUT2D eigenvalue weighted by atomic mass is 16.6. The van der Waals surface area contributed by atoms with Gasteiger partial charge in [-0.15, -0.1) is 0 Å². The van der Waals surface area contributed by atoms with Gasteiger partial charge in [0.05, 0.1) is 13.2 Å². The first-order valence-electron chi connectivity index (χ1n) is 10.7. The van der Waals surface area contributed by atoms with Crippen LogP contribution in [-0.4, -0.2) is 42.9 Å². The Morgan fingerprint density at radius 2 is 0.971 bits per heavy atom. The highest BCUT2D eigenvalue weighted by Gasteiger charge is 2.29. The molecule has 180 valence electrons. The fourth-order valence-electron chi connectivity index (χ4n) is 2.93. The second-order valence-electron chi connectivity index (χ2n) is 6.96. The summed E-state index contributed by atoms with van der Waals surface area (Å²) in [4.78, 5) is 61.3. The summed E-state index contributed by atoms with van der Waals surface area (Å²) >= 11 is 0. The number of rotatable bonds is 12. The summed E-state index contributed by atoms with van der Waals surface area (Å²) in [6.45, 7) is 3.37. The van der Waals surface area contributed by atoms with Gasteiger partial charge in [-0.2, -0.15) is 0 Å². The molecule has 0 unspecified atom stereocenters. The van der Waals surface area contributed by atoms with Gasteiger partial charge in [0.1, 0.15) is 12.8 Å². The zero-order valence-corrected chi connectivity index (χ0v) is 18.9. The monoisotopic (exact) mass is 470 g/mol. The summed E-state index contributed by atoms with van der Waals surface area (Å²) in [5, 5.41) is 0. The van der Waals surface area contributed by atoms with E-state index in [-0.39, 0.29) is 13.2 Å². The van der Waals surface area contributed by atoms with E-state index in [0.717, 1.165) is 0 Å². The molecule has 2 atom stereocenters. The van der Waals surface area contributed by atoms with E-state index in [9.17, 15) is 24.0 Å². The third-order valence-corrected chi connectivity index (χ3v) is 4.39. The molecule has 2 rings (SSSR count). The van der Waals surface area contributed by atoms with E-state index in [2.05, 4.69) is 0 Å². The van der Waals surface area contributed by atoms with Gasteiger partial charge in [0.2, 0.25) is 12.2 Å². The van der Waals surface area contributed by atoms with Crippen molar-refractivity contribution >= 4 is 29.7 Å². The highest BCUT2D eigenvalue weighted by Crippen LogP contribution is 2.21. The molecule has 2 aromatic carbocycles. The maximum absolute atomic E-state index is 12.3. The Morgan fingerprint density at radius 3 is 1.29 bits per heavy atom. The third kappa shape index (κ3) is 8.16. The number of hydrogen-bond donors (Lipinski definition) is 0. The Morgan fingerprint density at radius 1 is 0.618 bits per heavy atom. The fraction of sp³-hybridized carbons (Fsp3) is 0.320. The van der Waals surface area contributed by atoms with Gasteiger partial charge in [0.25, 0.3) is 0 Å². The molecule has 2 aromatic rings. The lowest BCUT2D eigenvalue weighted by Crippen LogP contribution is -2.25. The van der Waals surface area contributed by atoms with Crippen molar-refractivity contribution in [2.24, 2.45) is 0 Å². The minimum Gasteiger partial charge on any atom is -0.463 e. The second-order valence-corrected chi connectivity index (χ2v) is 6.96. The average molecular weight is 470 g/mol. The van der Waals surface area contributed by atoms with Crippen LogP contribution in [0.5, 0.6) is 0 Å². The predicted octanol–water partition coefficient (Wildman–Crippen LogP) is 3.03. The lowest BCUT2D eigenvalue weighted by atomic mass is 10.1. The van der Waals surface area contributed by atoms with Crippen LogP contribution in [0, 0.1) is 0 Å². The van der Waals surface area contributed by atoms with Crippen molar-refractivity contribution in [2.75, 3.05) is 13.2 Å². The average Bonchev–Trinajstić information content (AvgIpc) is 2.82. The van der Waals surface area contributed by atoms with Crippen LogP contribution < -0.4 is 0 Å². The second kappa shape index (κ2) is 13.5. The van der Waals surface area contributed by atoms with E-state index in [4.69, 9.17) is 18.9 Å². The highest BCUT2D eigenvalue weighted by molar-refractivity contribution is 6.04. The molecular formula is C25H26O9. The third-order valence-electron chi connectivity index (χ3n) is 4.39. The summed E-state index contributed by atoms with van der Waals surface area (Å²) in [5.41, 5.74) is 0.752. The van der Waals surface area contributed by atoms with E-state index in [1.165, 1.54) is 0 Å². The SMILES string of the molecule is CCOC(=O)[C@@H](OC(=O)CC(=O)CC(=O)O[C@H](C(=O)OCC)c1ccccc1)c1ccccc1. The Hall–Kier alpha value is -4.01. The molecule has 0 saturated heterocycles. The van der Waals surface area contributed by atoms with Gasteiger partial charge < -0.3 is 18.9 Å². The Labute approximate surface area is 196 Å². The van der Waals surface area contributed by atoms with Crippen molar-refractivity contribution < 1.29 is 42.9 Å². The van der Waals surface area contributed by atoms with Gasteiger partial charge in [0.15, 0.2) is 5.78 Å². The molecule has 0 amide bonds. The van der Waals surface area contributed by atoms with Gasteiger partial charge in [-0.1, -0.05) is 60.7 Å². The minimum atomic E-state index is -1.35. The zero-order valence-electron chi connectivity index (χ0n) is 18.9. The first-order valence-corrected chi connectivity index (χ1v) is 10.7. The first-order chi connectivity index (χ1) is 16.3. The molecule has 0 fully saturated rings. The van der Waals surface area contributed by atoms with Crippen molar-refractivity contribution in [2.45, 2.75) is 38.9 Å². The molecule has 0 spiro atoms. The van der Waals surface area contributed by atoms with Crippen molar-refractivity contribution in [3.05, 3.63) is 71.8 Å². The van der Waals surface area contributed by atoms with Crippen LogP contribution in [0.15, 0.2) is 60.7 Å². The maximum Gasteiger partial charge on any atom is 0.352 e. The molecule has 0 heterocycles. The van der Waals surface area contributed by atoms with Gasteiger partial charge in [0, 0.05) is 11.1 Å². The van der Waals surface area contributed by atoms with E-state index >= 15 is 0 Å². The molecule has 0 bridgehead atoms. The number of hydrogen-bond acceptors (Lipinski definition) is 9. The van der Waals surface area contributed by atoms with Gasteiger partial charge >= 0.3 is 23.9 Å². The number of carbonyl (C=O) groups excluding carboxylic acids is 5. The summed E-state index contributed by atoms with van der Waals surface area (Å²) < 4.78 is 20.2. The standard InChI is InChI=1S/C25H26O9/c1-3-31-24(29)22(17-11-7-5-8-12-17)33-20(27)15-19(26)16-21(28)34-23(25(30)32-4-2)18-13-9-6-10-14-18/h5-14,22-23H,3-4,15-16H2,1-2H3/t22-,23-/m0/s1. The molecule has 0 N–H and O–H groups in total. The van der Waals surface area contributed by atoms with Crippen LogP contribution in [0.3, 0.4) is 0 Å². The molecular weight excluding hydrogens is 444 g/mol. The predicted molar refractivity (Wildman–Crippen MR) is 118 cm³/mol. The largest absolute Gasteiger partial charge is 0.463 e. The van der Waals surface area contributed by atoms with Crippen molar-refractivity contribution in [3.63, 3.8) is 0 Å². The Bertz CT molecular complexity index is 906.